The Labute approximate surface area is 89.7 Å². The minimum absolute atomic E-state index is 0.536. The largest absolute Gasteiger partial charge is 0.388 e. The molecule has 4 nitrogen and oxygen atoms in total. The molecule has 2 rings (SSSR count). The van der Waals surface area contributed by atoms with Crippen molar-refractivity contribution < 1.29 is 5.11 Å². The highest BCUT2D eigenvalue weighted by molar-refractivity contribution is 5.35. The third-order valence-electron chi connectivity index (χ3n) is 2.92. The van der Waals surface area contributed by atoms with Crippen LogP contribution in [0.15, 0.2) is 12.3 Å². The predicted octanol–water partition coefficient (Wildman–Crippen LogP) is 1.50. The topological polar surface area (TPSA) is 58.0 Å². The van der Waals surface area contributed by atoms with Gasteiger partial charge >= 0.3 is 0 Å². The summed E-state index contributed by atoms with van der Waals surface area (Å²) in [6, 6.07) is 1.94. The summed E-state index contributed by atoms with van der Waals surface area (Å²) in [5.74, 6) is 0.746. The summed E-state index contributed by atoms with van der Waals surface area (Å²) >= 11 is 0. The molecule has 1 aliphatic carbocycles. The van der Waals surface area contributed by atoms with Crippen molar-refractivity contribution in [2.75, 3.05) is 11.9 Å². The molecule has 0 radical (unpaired) electrons. The van der Waals surface area contributed by atoms with Crippen molar-refractivity contribution in [2.45, 2.75) is 38.2 Å². The lowest BCUT2D eigenvalue weighted by Gasteiger charge is -2.22. The fraction of sp³-hybridized carbons (Fsp3) is 0.636. The number of aliphatic hydroxyl groups is 1. The third-order valence-corrected chi connectivity index (χ3v) is 2.92. The van der Waals surface area contributed by atoms with E-state index >= 15 is 0 Å². The average molecular weight is 207 g/mol. The Hall–Kier alpha value is -1.16. The molecule has 0 aromatic carbocycles. The third kappa shape index (κ3) is 2.65. The summed E-state index contributed by atoms with van der Waals surface area (Å²) in [6.07, 6.45) is 5.74. The number of anilines is 1. The van der Waals surface area contributed by atoms with Crippen LogP contribution in [0.25, 0.3) is 0 Å². The Bertz CT molecular complexity index is 334. The monoisotopic (exact) mass is 207 g/mol. The van der Waals surface area contributed by atoms with Crippen LogP contribution in [0.1, 0.15) is 31.2 Å². The second kappa shape index (κ2) is 4.14. The highest BCUT2D eigenvalue weighted by Gasteiger charge is 2.30. The normalized spacial score (nSPS) is 19.1. The fourth-order valence-corrected chi connectivity index (χ4v) is 2.02. The zero-order valence-electron chi connectivity index (χ0n) is 9.03. The average Bonchev–Trinajstić information content (AvgIpc) is 2.63. The Balaban J connectivity index is 1.92. The molecule has 1 saturated carbocycles. The molecule has 0 aliphatic heterocycles. The molecule has 0 saturated heterocycles. The standard InChI is InChI=1S/C11H17N3O/c1-9-6-10(14-13-7-9)12-8-11(15)4-2-3-5-11/h6-7,15H,2-5,8H2,1H3,(H,12,14). The van der Waals surface area contributed by atoms with Crippen LogP contribution in [0.3, 0.4) is 0 Å². The van der Waals surface area contributed by atoms with Gasteiger partial charge in [-0.1, -0.05) is 12.8 Å². The fourth-order valence-electron chi connectivity index (χ4n) is 2.02. The van der Waals surface area contributed by atoms with E-state index in [1.807, 2.05) is 13.0 Å². The van der Waals surface area contributed by atoms with Crippen molar-refractivity contribution in [3.8, 4) is 0 Å². The zero-order valence-corrected chi connectivity index (χ0v) is 9.03. The van der Waals surface area contributed by atoms with Gasteiger partial charge in [0, 0.05) is 6.54 Å². The molecular formula is C11H17N3O. The Morgan fingerprint density at radius 3 is 2.87 bits per heavy atom. The first-order valence-corrected chi connectivity index (χ1v) is 5.44. The van der Waals surface area contributed by atoms with Crippen molar-refractivity contribution in [2.24, 2.45) is 0 Å². The summed E-state index contributed by atoms with van der Waals surface area (Å²) in [5, 5.41) is 21.1. The molecule has 1 heterocycles. The van der Waals surface area contributed by atoms with Gasteiger partial charge in [0.1, 0.15) is 5.82 Å². The van der Waals surface area contributed by atoms with Crippen molar-refractivity contribution in [3.05, 3.63) is 17.8 Å². The smallest absolute Gasteiger partial charge is 0.149 e. The molecule has 82 valence electrons. The van der Waals surface area contributed by atoms with Crippen LogP contribution < -0.4 is 5.32 Å². The van der Waals surface area contributed by atoms with E-state index in [1.165, 1.54) is 0 Å². The van der Waals surface area contributed by atoms with Crippen molar-refractivity contribution in [1.29, 1.82) is 0 Å². The number of nitrogens with one attached hydrogen (secondary N) is 1. The molecule has 0 spiro atoms. The number of nitrogens with zero attached hydrogens (tertiary/aromatic N) is 2. The van der Waals surface area contributed by atoms with Crippen LogP contribution in [0.5, 0.6) is 0 Å². The minimum Gasteiger partial charge on any atom is -0.388 e. The van der Waals surface area contributed by atoms with Gasteiger partial charge in [-0.2, -0.15) is 5.10 Å². The molecule has 1 fully saturated rings. The summed E-state index contributed by atoms with van der Waals surface area (Å²) in [5.41, 5.74) is 0.539. The Morgan fingerprint density at radius 1 is 1.47 bits per heavy atom. The first-order chi connectivity index (χ1) is 7.18. The van der Waals surface area contributed by atoms with Gasteiger partial charge in [0.25, 0.3) is 0 Å². The first kappa shape index (κ1) is 10.4. The van der Waals surface area contributed by atoms with E-state index in [1.54, 1.807) is 6.20 Å². The number of aryl methyl sites for hydroxylation is 1. The highest BCUT2D eigenvalue weighted by atomic mass is 16.3. The minimum atomic E-state index is -0.536. The van der Waals surface area contributed by atoms with Gasteiger partial charge < -0.3 is 10.4 Å². The van der Waals surface area contributed by atoms with E-state index in [9.17, 15) is 5.11 Å². The van der Waals surface area contributed by atoms with Crippen LogP contribution in [-0.4, -0.2) is 27.4 Å². The molecule has 0 unspecified atom stereocenters. The van der Waals surface area contributed by atoms with E-state index in [2.05, 4.69) is 15.5 Å². The van der Waals surface area contributed by atoms with Gasteiger partial charge in [-0.15, -0.1) is 5.10 Å². The predicted molar refractivity (Wildman–Crippen MR) is 58.7 cm³/mol. The summed E-state index contributed by atoms with van der Waals surface area (Å²) in [4.78, 5) is 0. The first-order valence-electron chi connectivity index (χ1n) is 5.44. The summed E-state index contributed by atoms with van der Waals surface area (Å²) in [6.45, 7) is 2.55. The number of aromatic nitrogens is 2. The Kier molecular flexibility index (Phi) is 2.86. The van der Waals surface area contributed by atoms with Gasteiger partial charge in [0.2, 0.25) is 0 Å². The van der Waals surface area contributed by atoms with E-state index in [-0.39, 0.29) is 0 Å². The summed E-state index contributed by atoms with van der Waals surface area (Å²) < 4.78 is 0. The van der Waals surface area contributed by atoms with Crippen LogP contribution in [-0.2, 0) is 0 Å². The van der Waals surface area contributed by atoms with Crippen molar-refractivity contribution in [1.82, 2.24) is 10.2 Å². The van der Waals surface area contributed by atoms with E-state index in [0.29, 0.717) is 6.54 Å². The quantitative estimate of drug-likeness (QED) is 0.788. The maximum atomic E-state index is 10.1. The van der Waals surface area contributed by atoms with E-state index in [0.717, 1.165) is 37.1 Å². The molecule has 4 heteroatoms. The van der Waals surface area contributed by atoms with Gasteiger partial charge in [0.05, 0.1) is 11.8 Å². The van der Waals surface area contributed by atoms with Gasteiger partial charge in [-0.05, 0) is 31.4 Å². The summed E-state index contributed by atoms with van der Waals surface area (Å²) in [7, 11) is 0. The number of rotatable bonds is 3. The SMILES string of the molecule is Cc1cnnc(NCC2(O)CCCC2)c1. The molecule has 0 amide bonds. The maximum Gasteiger partial charge on any atom is 0.149 e. The molecule has 1 aromatic heterocycles. The van der Waals surface area contributed by atoms with Gasteiger partial charge in [-0.3, -0.25) is 0 Å². The van der Waals surface area contributed by atoms with Crippen LogP contribution in [0.2, 0.25) is 0 Å². The van der Waals surface area contributed by atoms with Crippen LogP contribution in [0, 0.1) is 6.92 Å². The highest BCUT2D eigenvalue weighted by Crippen LogP contribution is 2.29. The van der Waals surface area contributed by atoms with Crippen molar-refractivity contribution >= 4 is 5.82 Å². The number of hydrogen-bond donors (Lipinski definition) is 2. The molecule has 1 aromatic rings. The zero-order chi connectivity index (χ0) is 10.7. The molecule has 0 bridgehead atoms. The molecule has 2 N–H and O–H groups in total. The van der Waals surface area contributed by atoms with Gasteiger partial charge in [0.15, 0.2) is 0 Å². The molecule has 1 aliphatic rings. The maximum absolute atomic E-state index is 10.1. The lowest BCUT2D eigenvalue weighted by atomic mass is 10.0. The molecule has 0 atom stereocenters. The van der Waals surface area contributed by atoms with E-state index in [4.69, 9.17) is 0 Å². The lowest BCUT2D eigenvalue weighted by molar-refractivity contribution is 0.0614. The van der Waals surface area contributed by atoms with Crippen LogP contribution >= 0.6 is 0 Å². The molecule has 15 heavy (non-hydrogen) atoms. The second-order valence-corrected chi connectivity index (χ2v) is 4.40. The second-order valence-electron chi connectivity index (χ2n) is 4.40. The van der Waals surface area contributed by atoms with Gasteiger partial charge in [-0.25, -0.2) is 0 Å². The van der Waals surface area contributed by atoms with Crippen molar-refractivity contribution in [3.63, 3.8) is 0 Å². The Morgan fingerprint density at radius 2 is 2.20 bits per heavy atom. The van der Waals surface area contributed by atoms with E-state index < -0.39 is 5.60 Å². The molecular weight excluding hydrogens is 190 g/mol. The lowest BCUT2D eigenvalue weighted by Crippen LogP contribution is -2.33. The number of hydrogen-bond acceptors (Lipinski definition) is 4. The van der Waals surface area contributed by atoms with Crippen LogP contribution in [0.4, 0.5) is 5.82 Å².